The van der Waals surface area contributed by atoms with Crippen molar-refractivity contribution in [3.05, 3.63) is 107 Å². The fourth-order valence-electron chi connectivity index (χ4n) is 4.79. The Labute approximate surface area is 277 Å². The molecule has 2 aromatic heterocycles. The van der Waals surface area contributed by atoms with Gasteiger partial charge in [0.05, 0.1) is 35.8 Å². The molecule has 11 nitrogen and oxygen atoms in total. The Hall–Kier alpha value is -4.81. The highest BCUT2D eigenvalue weighted by Gasteiger charge is 2.21. The van der Waals surface area contributed by atoms with Gasteiger partial charge < -0.3 is 14.2 Å². The molecule has 0 radical (unpaired) electrons. The van der Waals surface area contributed by atoms with Crippen LogP contribution in [-0.4, -0.2) is 39.5 Å². The molecule has 0 saturated carbocycles. The molecule has 0 aliphatic heterocycles. The van der Waals surface area contributed by atoms with Crippen molar-refractivity contribution in [2.45, 2.75) is 33.6 Å². The second-order valence-electron chi connectivity index (χ2n) is 10.4. The van der Waals surface area contributed by atoms with Gasteiger partial charge in [-0.05, 0) is 77.2 Å². The van der Waals surface area contributed by atoms with Crippen LogP contribution in [0.15, 0.2) is 75.2 Å². The van der Waals surface area contributed by atoms with Crippen molar-refractivity contribution in [3.8, 4) is 34.5 Å². The van der Waals surface area contributed by atoms with E-state index in [-0.39, 0.29) is 46.2 Å². The van der Waals surface area contributed by atoms with Crippen LogP contribution in [0.5, 0.6) is 23.1 Å². The Morgan fingerprint density at radius 3 is 2.57 bits per heavy atom. The zero-order valence-electron chi connectivity index (χ0n) is 25.6. The number of hydrogen-bond acceptors (Lipinski definition) is 9. The minimum absolute atomic E-state index is 0.0795. The topological polar surface area (TPSA) is 131 Å². The van der Waals surface area contributed by atoms with Gasteiger partial charge >= 0.3 is 0 Å². The lowest BCUT2D eigenvalue weighted by molar-refractivity contribution is -0.385. The molecule has 0 fully saturated rings. The number of para-hydroxylation sites is 1. The van der Waals surface area contributed by atoms with E-state index in [0.717, 1.165) is 28.6 Å². The number of ether oxygens (including phenoxy) is 3. The van der Waals surface area contributed by atoms with Gasteiger partial charge in [0.1, 0.15) is 17.0 Å². The summed E-state index contributed by atoms with van der Waals surface area (Å²) in [5, 5.41) is 16.2. The fourth-order valence-corrected chi connectivity index (χ4v) is 5.43. The Bertz CT molecular complexity index is 2050. The zero-order valence-corrected chi connectivity index (χ0v) is 27.9. The lowest BCUT2D eigenvalue weighted by Gasteiger charge is -2.17. The first-order chi connectivity index (χ1) is 22.0. The summed E-state index contributed by atoms with van der Waals surface area (Å²) in [7, 11) is 1.63. The number of pyridine rings is 1. The number of fused-ring (bicyclic) bond motifs is 1. The van der Waals surface area contributed by atoms with E-state index in [1.165, 1.54) is 23.0 Å². The molecule has 46 heavy (non-hydrogen) atoms. The van der Waals surface area contributed by atoms with E-state index in [1.807, 2.05) is 25.1 Å². The number of nitro groups is 1. The maximum Gasteiger partial charge on any atom is 0.287 e. The van der Waals surface area contributed by atoms with Crippen LogP contribution < -0.4 is 19.8 Å². The van der Waals surface area contributed by atoms with Crippen molar-refractivity contribution < 1.29 is 19.1 Å². The molecule has 3 aromatic carbocycles. The molecule has 0 amide bonds. The summed E-state index contributed by atoms with van der Waals surface area (Å²) in [4.78, 5) is 33.2. The number of benzene rings is 3. The first-order valence-corrected chi connectivity index (χ1v) is 15.4. The van der Waals surface area contributed by atoms with E-state index < -0.39 is 4.92 Å². The smallest absolute Gasteiger partial charge is 0.287 e. The molecule has 0 atom stereocenters. The van der Waals surface area contributed by atoms with E-state index >= 15 is 0 Å². The number of rotatable bonds is 10. The van der Waals surface area contributed by atoms with E-state index in [2.05, 4.69) is 39.9 Å². The monoisotopic (exact) mass is 705 g/mol. The van der Waals surface area contributed by atoms with Crippen LogP contribution in [0, 0.1) is 17.0 Å². The first kappa shape index (κ1) is 32.6. The average molecular weight is 707 g/mol. The molecule has 0 unspecified atom stereocenters. The second kappa shape index (κ2) is 13.7. The Morgan fingerprint density at radius 1 is 1.15 bits per heavy atom. The molecule has 0 saturated heterocycles. The van der Waals surface area contributed by atoms with Crippen molar-refractivity contribution in [3.63, 3.8) is 0 Å². The van der Waals surface area contributed by atoms with Gasteiger partial charge in [-0.3, -0.25) is 14.9 Å². The minimum atomic E-state index is -0.554. The minimum Gasteiger partial charge on any atom is -0.496 e. The van der Waals surface area contributed by atoms with Gasteiger partial charge in [-0.15, -0.1) is 0 Å². The van der Waals surface area contributed by atoms with Crippen LogP contribution in [0.4, 0.5) is 5.69 Å². The summed E-state index contributed by atoms with van der Waals surface area (Å²) in [6.07, 6.45) is 2.57. The van der Waals surface area contributed by atoms with E-state index in [9.17, 15) is 14.9 Å². The van der Waals surface area contributed by atoms with Crippen molar-refractivity contribution in [2.75, 3.05) is 13.7 Å². The van der Waals surface area contributed by atoms with Gasteiger partial charge in [-0.1, -0.05) is 37.6 Å². The lowest BCUT2D eigenvalue weighted by atomic mass is 9.96. The van der Waals surface area contributed by atoms with Crippen LogP contribution >= 0.6 is 27.5 Å². The molecule has 0 aliphatic rings. The van der Waals surface area contributed by atoms with Crippen molar-refractivity contribution in [2.24, 2.45) is 5.10 Å². The molecule has 0 bridgehead atoms. The fraction of sp³-hybridized carbons (Fsp3) is 0.212. The van der Waals surface area contributed by atoms with Crippen LogP contribution in [0.25, 0.3) is 22.3 Å². The maximum atomic E-state index is 13.9. The third-order valence-corrected chi connectivity index (χ3v) is 8.54. The zero-order chi connectivity index (χ0) is 33.1. The summed E-state index contributed by atoms with van der Waals surface area (Å²) < 4.78 is 19.0. The summed E-state index contributed by atoms with van der Waals surface area (Å²) in [6.45, 7) is 8.15. The van der Waals surface area contributed by atoms with Gasteiger partial charge in [0.2, 0.25) is 5.88 Å². The molecule has 2 heterocycles. The summed E-state index contributed by atoms with van der Waals surface area (Å²) in [5.41, 5.74) is 3.05. The van der Waals surface area contributed by atoms with Crippen LogP contribution in [0.3, 0.4) is 0 Å². The van der Waals surface area contributed by atoms with Gasteiger partial charge in [0, 0.05) is 27.7 Å². The first-order valence-electron chi connectivity index (χ1n) is 14.2. The quantitative estimate of drug-likeness (QED) is 0.0805. The van der Waals surface area contributed by atoms with Gasteiger partial charge in [0.25, 0.3) is 11.2 Å². The predicted octanol–water partition coefficient (Wildman–Crippen LogP) is 8.30. The van der Waals surface area contributed by atoms with Gasteiger partial charge in [-0.2, -0.15) is 9.78 Å². The Morgan fingerprint density at radius 2 is 1.91 bits per heavy atom. The van der Waals surface area contributed by atoms with Gasteiger partial charge in [-0.25, -0.2) is 9.97 Å². The second-order valence-corrected chi connectivity index (χ2v) is 11.6. The number of hydrogen-bond donors (Lipinski definition) is 0. The number of aromatic nitrogens is 3. The predicted molar refractivity (Wildman–Crippen MR) is 181 cm³/mol. The normalized spacial score (nSPS) is 11.4. The summed E-state index contributed by atoms with van der Waals surface area (Å²) in [6, 6.07) is 15.3. The van der Waals surface area contributed by atoms with Crippen molar-refractivity contribution >= 4 is 50.3 Å². The molecule has 236 valence electrons. The van der Waals surface area contributed by atoms with Crippen LogP contribution in [0.2, 0.25) is 5.02 Å². The van der Waals surface area contributed by atoms with Gasteiger partial charge in [0.15, 0.2) is 17.3 Å². The standard InChI is InChI=1S/C33H29BrClN5O6/c1-6-45-27-14-20(29(34)30(35)31(27)46-28-12-11-21(17-36-28)40(42)43)16-37-39-32(38-25-10-8-7-9-22(25)33(39)41)24-15-23(18(2)3)26(44-5)13-19(24)4/h7-18H,6H2,1-5H3. The third-order valence-electron chi connectivity index (χ3n) is 7.10. The summed E-state index contributed by atoms with van der Waals surface area (Å²) >= 11 is 10.3. The number of nitrogens with zero attached hydrogens (tertiary/aromatic N) is 5. The van der Waals surface area contributed by atoms with E-state index in [1.54, 1.807) is 38.3 Å². The molecule has 13 heteroatoms. The van der Waals surface area contributed by atoms with E-state index in [0.29, 0.717) is 26.8 Å². The Kier molecular flexibility index (Phi) is 9.68. The van der Waals surface area contributed by atoms with E-state index in [4.69, 9.17) is 30.8 Å². The summed E-state index contributed by atoms with van der Waals surface area (Å²) in [5.74, 6) is 1.76. The highest BCUT2D eigenvalue weighted by Crippen LogP contribution is 2.44. The molecule has 0 spiro atoms. The molecule has 0 aliphatic carbocycles. The van der Waals surface area contributed by atoms with Crippen molar-refractivity contribution in [1.29, 1.82) is 0 Å². The molecule has 5 aromatic rings. The number of halogens is 2. The SMILES string of the molecule is CCOc1cc(C=Nn2c(-c3cc(C(C)C)c(OC)cc3C)nc3ccccc3c2=O)c(Br)c(Cl)c1Oc1ccc([N+](=O)[O-])cn1. The molecular formula is C33H29BrClN5O6. The third kappa shape index (κ3) is 6.44. The number of methoxy groups -OCH3 is 1. The largest absolute Gasteiger partial charge is 0.496 e. The highest BCUT2D eigenvalue weighted by molar-refractivity contribution is 9.10. The Balaban J connectivity index is 1.65. The average Bonchev–Trinajstić information content (AvgIpc) is 3.04. The maximum absolute atomic E-state index is 13.9. The molecular weight excluding hydrogens is 678 g/mol. The number of aryl methyl sites for hydroxylation is 1. The van der Waals surface area contributed by atoms with Crippen molar-refractivity contribution in [1.82, 2.24) is 14.6 Å². The van der Waals surface area contributed by atoms with Crippen LogP contribution in [0.1, 0.15) is 43.4 Å². The lowest BCUT2D eigenvalue weighted by Crippen LogP contribution is -2.21. The van der Waals surface area contributed by atoms with Crippen LogP contribution in [-0.2, 0) is 0 Å². The highest BCUT2D eigenvalue weighted by atomic mass is 79.9. The molecule has 5 rings (SSSR count). The molecule has 0 N–H and O–H groups in total.